The number of nitro groups is 1. The van der Waals surface area contributed by atoms with Gasteiger partial charge in [-0.15, -0.1) is 10.2 Å². The molecule has 0 aliphatic heterocycles. The second-order valence-corrected chi connectivity index (χ2v) is 7.60. The summed E-state index contributed by atoms with van der Waals surface area (Å²) in [6.07, 6.45) is 2.25. The number of aromatic nitrogens is 3. The topological polar surface area (TPSA) is 103 Å². The van der Waals surface area contributed by atoms with Crippen molar-refractivity contribution >= 4 is 23.4 Å². The van der Waals surface area contributed by atoms with Crippen molar-refractivity contribution in [1.29, 1.82) is 0 Å². The van der Waals surface area contributed by atoms with E-state index in [2.05, 4.69) is 15.5 Å². The molecule has 0 fully saturated rings. The Morgan fingerprint density at radius 3 is 2.53 bits per heavy atom. The van der Waals surface area contributed by atoms with Gasteiger partial charge in [-0.1, -0.05) is 55.4 Å². The summed E-state index contributed by atoms with van der Waals surface area (Å²) < 4.78 is 1.83. The lowest BCUT2D eigenvalue weighted by Crippen LogP contribution is -2.24. The minimum atomic E-state index is -0.435. The first-order valence-corrected chi connectivity index (χ1v) is 10.7. The van der Waals surface area contributed by atoms with Gasteiger partial charge in [0.05, 0.1) is 11.5 Å². The smallest absolute Gasteiger partial charge is 0.269 e. The molecule has 2 aromatic carbocycles. The highest BCUT2D eigenvalue weighted by Crippen LogP contribution is 2.26. The number of non-ortho nitro benzene ring substituents is 1. The van der Waals surface area contributed by atoms with Gasteiger partial charge in [0.1, 0.15) is 0 Å². The molecule has 0 radical (unpaired) electrons. The van der Waals surface area contributed by atoms with Gasteiger partial charge in [-0.05, 0) is 24.1 Å². The molecule has 0 spiro atoms. The van der Waals surface area contributed by atoms with Crippen LogP contribution in [0.15, 0.2) is 59.8 Å². The second kappa shape index (κ2) is 10.5. The lowest BCUT2D eigenvalue weighted by Gasteiger charge is -2.11. The summed E-state index contributed by atoms with van der Waals surface area (Å²) in [6.45, 7) is 2.27. The van der Waals surface area contributed by atoms with E-state index in [0.29, 0.717) is 28.8 Å². The summed E-state index contributed by atoms with van der Waals surface area (Å²) in [7, 11) is 0. The number of nitrogens with zero attached hydrogens (tertiary/aromatic N) is 4. The van der Waals surface area contributed by atoms with E-state index in [1.54, 1.807) is 12.1 Å². The lowest BCUT2D eigenvalue weighted by molar-refractivity contribution is -0.384. The van der Waals surface area contributed by atoms with Gasteiger partial charge in [0.15, 0.2) is 11.0 Å². The van der Waals surface area contributed by atoms with Gasteiger partial charge in [0.25, 0.3) is 5.69 Å². The van der Waals surface area contributed by atoms with E-state index in [1.807, 2.05) is 41.8 Å². The number of benzene rings is 2. The molecule has 8 nitrogen and oxygen atoms in total. The Balaban J connectivity index is 1.83. The highest BCUT2D eigenvalue weighted by atomic mass is 32.2. The molecule has 156 valence electrons. The van der Waals surface area contributed by atoms with Crippen LogP contribution in [-0.2, 0) is 17.1 Å². The zero-order valence-corrected chi connectivity index (χ0v) is 17.5. The summed E-state index contributed by atoms with van der Waals surface area (Å²) >= 11 is 1.52. The predicted molar refractivity (Wildman–Crippen MR) is 115 cm³/mol. The standard InChI is InChI=1S/C21H23N5O3S/c1-2-3-9-20(27)22-14-19-23-24-21(30-15-16-7-5-4-6-8-16)25(19)17-10-12-18(13-11-17)26(28)29/h4-8,10-13H,2-3,9,14-15H2,1H3,(H,22,27). The molecule has 1 heterocycles. The van der Waals surface area contributed by atoms with E-state index in [-0.39, 0.29) is 18.1 Å². The fourth-order valence-electron chi connectivity index (χ4n) is 2.82. The van der Waals surface area contributed by atoms with Crippen LogP contribution in [0.4, 0.5) is 5.69 Å². The molecule has 1 aromatic heterocycles. The Morgan fingerprint density at radius 2 is 1.87 bits per heavy atom. The molecule has 0 saturated heterocycles. The molecule has 0 saturated carbocycles. The van der Waals surface area contributed by atoms with Crippen LogP contribution >= 0.6 is 11.8 Å². The second-order valence-electron chi connectivity index (χ2n) is 6.66. The molecule has 30 heavy (non-hydrogen) atoms. The van der Waals surface area contributed by atoms with Gasteiger partial charge >= 0.3 is 0 Å². The van der Waals surface area contributed by atoms with Crippen LogP contribution in [-0.4, -0.2) is 25.6 Å². The number of unbranched alkanes of at least 4 members (excludes halogenated alkanes) is 1. The molecule has 0 bridgehead atoms. The maximum absolute atomic E-state index is 12.0. The molecule has 1 N–H and O–H groups in total. The van der Waals surface area contributed by atoms with Gasteiger partial charge in [0, 0.05) is 30.0 Å². The van der Waals surface area contributed by atoms with Crippen LogP contribution in [0, 0.1) is 10.1 Å². The average Bonchev–Trinajstić information content (AvgIpc) is 3.18. The molecule has 0 atom stereocenters. The number of hydrogen-bond donors (Lipinski definition) is 1. The Labute approximate surface area is 178 Å². The molecular formula is C21H23N5O3S. The number of rotatable bonds is 10. The van der Waals surface area contributed by atoms with E-state index in [4.69, 9.17) is 0 Å². The zero-order valence-electron chi connectivity index (χ0n) is 16.7. The van der Waals surface area contributed by atoms with Gasteiger partial charge < -0.3 is 5.32 Å². The van der Waals surface area contributed by atoms with E-state index in [0.717, 1.165) is 18.4 Å². The zero-order chi connectivity index (χ0) is 21.3. The monoisotopic (exact) mass is 425 g/mol. The minimum Gasteiger partial charge on any atom is -0.349 e. The molecular weight excluding hydrogens is 402 g/mol. The van der Waals surface area contributed by atoms with Crippen molar-refractivity contribution in [1.82, 2.24) is 20.1 Å². The molecule has 0 aliphatic rings. The quantitative estimate of drug-likeness (QED) is 0.295. The fraction of sp³-hybridized carbons (Fsp3) is 0.286. The third-order valence-corrected chi connectivity index (χ3v) is 5.43. The van der Waals surface area contributed by atoms with Crippen LogP contribution in [0.2, 0.25) is 0 Å². The molecule has 9 heteroatoms. The van der Waals surface area contributed by atoms with Crippen molar-refractivity contribution < 1.29 is 9.72 Å². The van der Waals surface area contributed by atoms with Crippen molar-refractivity contribution in [3.63, 3.8) is 0 Å². The molecule has 3 aromatic rings. The summed E-state index contributed by atoms with van der Waals surface area (Å²) in [4.78, 5) is 22.6. The van der Waals surface area contributed by atoms with E-state index >= 15 is 0 Å². The third kappa shape index (κ3) is 5.66. The SMILES string of the molecule is CCCCC(=O)NCc1nnc(SCc2ccccc2)n1-c1ccc([N+](=O)[O-])cc1. The highest BCUT2D eigenvalue weighted by Gasteiger charge is 2.16. The van der Waals surface area contributed by atoms with Gasteiger partial charge in [-0.2, -0.15) is 0 Å². The number of carbonyl (C=O) groups is 1. The largest absolute Gasteiger partial charge is 0.349 e. The number of hydrogen-bond acceptors (Lipinski definition) is 6. The van der Waals surface area contributed by atoms with Gasteiger partial charge in [0.2, 0.25) is 5.91 Å². The van der Waals surface area contributed by atoms with E-state index in [1.165, 1.54) is 23.9 Å². The van der Waals surface area contributed by atoms with Gasteiger partial charge in [-0.25, -0.2) is 0 Å². The van der Waals surface area contributed by atoms with Crippen LogP contribution in [0.25, 0.3) is 5.69 Å². The molecule has 3 rings (SSSR count). The Bertz CT molecular complexity index is 990. The maximum atomic E-state index is 12.0. The van der Waals surface area contributed by atoms with Gasteiger partial charge in [-0.3, -0.25) is 19.5 Å². The third-order valence-electron chi connectivity index (χ3n) is 4.43. The number of carbonyl (C=O) groups excluding carboxylic acids is 1. The van der Waals surface area contributed by atoms with Crippen molar-refractivity contribution in [2.75, 3.05) is 0 Å². The number of thioether (sulfide) groups is 1. The number of amides is 1. The number of nitrogens with one attached hydrogen (secondary N) is 1. The summed E-state index contributed by atoms with van der Waals surface area (Å²) in [5.74, 6) is 1.24. The summed E-state index contributed by atoms with van der Waals surface area (Å²) in [6, 6.07) is 16.2. The predicted octanol–water partition coefficient (Wildman–Crippen LogP) is 4.27. The first kappa shape index (κ1) is 21.5. The normalized spacial score (nSPS) is 10.7. The van der Waals surface area contributed by atoms with Crippen molar-refractivity contribution in [3.8, 4) is 5.69 Å². The van der Waals surface area contributed by atoms with Crippen molar-refractivity contribution in [2.24, 2.45) is 0 Å². The van der Waals surface area contributed by atoms with Crippen molar-refractivity contribution in [3.05, 3.63) is 76.1 Å². The highest BCUT2D eigenvalue weighted by molar-refractivity contribution is 7.98. The first-order chi connectivity index (χ1) is 14.6. The minimum absolute atomic E-state index is 0.0136. The van der Waals surface area contributed by atoms with Crippen molar-refractivity contribution in [2.45, 2.75) is 43.6 Å². The van der Waals surface area contributed by atoms with Crippen LogP contribution in [0.5, 0.6) is 0 Å². The molecule has 1 amide bonds. The van der Waals surface area contributed by atoms with E-state index in [9.17, 15) is 14.9 Å². The van der Waals surface area contributed by atoms with Crippen LogP contribution < -0.4 is 5.32 Å². The maximum Gasteiger partial charge on any atom is 0.269 e. The van der Waals surface area contributed by atoms with E-state index < -0.39 is 4.92 Å². The fourth-order valence-corrected chi connectivity index (χ4v) is 3.74. The Morgan fingerprint density at radius 1 is 1.13 bits per heavy atom. The van der Waals surface area contributed by atoms with Crippen LogP contribution in [0.1, 0.15) is 37.6 Å². The number of nitro benzene ring substituents is 1. The lowest BCUT2D eigenvalue weighted by atomic mass is 10.2. The first-order valence-electron chi connectivity index (χ1n) is 9.71. The Hall–Kier alpha value is -3.20. The average molecular weight is 426 g/mol. The van der Waals surface area contributed by atoms with Crippen LogP contribution in [0.3, 0.4) is 0 Å². The molecule has 0 unspecified atom stereocenters. The summed E-state index contributed by atoms with van der Waals surface area (Å²) in [5, 5.41) is 23.1. The summed E-state index contributed by atoms with van der Waals surface area (Å²) in [5.41, 5.74) is 1.87. The Kier molecular flexibility index (Phi) is 7.56. The molecule has 0 aliphatic carbocycles.